The fourth-order valence-corrected chi connectivity index (χ4v) is 13.4. The molecule has 0 spiro atoms. The number of hydrogen-bond acceptors (Lipinski definition) is 5. The maximum Gasteiger partial charge on any atom is 0.335 e. The highest BCUT2D eigenvalue weighted by molar-refractivity contribution is 6.99. The van der Waals surface area contributed by atoms with E-state index in [1.807, 2.05) is 36.4 Å². The average molecular weight is 715 g/mol. The minimum absolute atomic E-state index is 0.0755. The number of carbonyl (C=O) groups is 2. The first-order valence-corrected chi connectivity index (χ1v) is 21.8. The zero-order chi connectivity index (χ0) is 36.9. The van der Waals surface area contributed by atoms with Gasteiger partial charge in [-0.1, -0.05) is 153 Å². The highest BCUT2D eigenvalue weighted by Gasteiger charge is 2.50. The van der Waals surface area contributed by atoms with Crippen molar-refractivity contribution in [1.29, 1.82) is 0 Å². The summed E-state index contributed by atoms with van der Waals surface area (Å²) in [5, 5.41) is 2.08. The van der Waals surface area contributed by atoms with Crippen LogP contribution in [0, 0.1) is 29.6 Å². The van der Waals surface area contributed by atoms with E-state index in [9.17, 15) is 9.59 Å². The van der Waals surface area contributed by atoms with Gasteiger partial charge in [0.25, 0.3) is 8.32 Å². The monoisotopic (exact) mass is 714 g/mol. The molecule has 0 bridgehead atoms. The highest BCUT2D eigenvalue weighted by atomic mass is 28.4. The van der Waals surface area contributed by atoms with Crippen molar-refractivity contribution in [2.75, 3.05) is 19.8 Å². The molecule has 51 heavy (non-hydrogen) atoms. The van der Waals surface area contributed by atoms with Gasteiger partial charge < -0.3 is 13.9 Å². The minimum atomic E-state index is -2.83. The molecule has 0 aliphatic heterocycles. The summed E-state index contributed by atoms with van der Waals surface area (Å²) in [6, 6.07) is 20.8. The molecule has 0 amide bonds. The smallest absolute Gasteiger partial charge is 0.335 e. The molecule has 0 N–H and O–H groups in total. The van der Waals surface area contributed by atoms with E-state index in [2.05, 4.69) is 65.1 Å². The molecular weight excluding hydrogens is 649 g/mol. The Morgan fingerprint density at radius 1 is 0.745 bits per heavy atom. The van der Waals surface area contributed by atoms with Crippen LogP contribution in [-0.4, -0.2) is 40.1 Å². The molecule has 280 valence electrons. The van der Waals surface area contributed by atoms with Gasteiger partial charge in [0.1, 0.15) is 0 Å². The molecule has 2 aliphatic carbocycles. The largest absolute Gasteiger partial charge is 0.462 e. The lowest BCUT2D eigenvalue weighted by Crippen LogP contribution is -2.66. The second-order valence-electron chi connectivity index (χ2n) is 16.7. The van der Waals surface area contributed by atoms with Crippen LogP contribution in [0.2, 0.25) is 5.04 Å². The maximum atomic E-state index is 13.4. The highest BCUT2D eigenvalue weighted by Crippen LogP contribution is 2.43. The second kappa shape index (κ2) is 19.8. The van der Waals surface area contributed by atoms with E-state index < -0.39 is 20.3 Å². The van der Waals surface area contributed by atoms with E-state index in [0.717, 1.165) is 34.5 Å². The lowest BCUT2D eigenvalue weighted by atomic mass is 9.68. The van der Waals surface area contributed by atoms with Gasteiger partial charge in [-0.2, -0.15) is 0 Å². The van der Waals surface area contributed by atoms with Crippen molar-refractivity contribution in [2.24, 2.45) is 29.6 Å². The molecule has 1 atom stereocenters. The third-order valence-corrected chi connectivity index (χ3v) is 16.7. The third-order valence-electron chi connectivity index (χ3n) is 11.7. The second-order valence-corrected chi connectivity index (χ2v) is 21.0. The van der Waals surface area contributed by atoms with E-state index in [0.29, 0.717) is 17.1 Å². The van der Waals surface area contributed by atoms with E-state index >= 15 is 0 Å². The Balaban J connectivity index is 1.33. The lowest BCUT2D eigenvalue weighted by Gasteiger charge is -2.43. The average Bonchev–Trinajstić information content (AvgIpc) is 3.13. The Hall–Kier alpha value is -2.96. The third kappa shape index (κ3) is 11.5. The fraction of sp³-hybridized carbons (Fsp3) is 0.600. The normalized spacial score (nSPS) is 21.7. The molecule has 2 saturated carbocycles. The van der Waals surface area contributed by atoms with Gasteiger partial charge in [-0.3, -0.25) is 0 Å². The van der Waals surface area contributed by atoms with Crippen molar-refractivity contribution in [1.82, 2.24) is 0 Å². The number of carbonyl (C=O) groups excluding carboxylic acids is 2. The molecule has 6 heteroatoms. The van der Waals surface area contributed by atoms with Crippen molar-refractivity contribution >= 4 is 30.6 Å². The van der Waals surface area contributed by atoms with Crippen molar-refractivity contribution < 1.29 is 23.5 Å². The van der Waals surface area contributed by atoms with Crippen LogP contribution in [0.1, 0.15) is 118 Å². The summed E-state index contributed by atoms with van der Waals surface area (Å²) in [5.74, 6) is 2.28. The zero-order valence-corrected chi connectivity index (χ0v) is 33.4. The molecule has 4 rings (SSSR count). The van der Waals surface area contributed by atoms with Gasteiger partial charge in [0, 0.05) is 11.5 Å². The van der Waals surface area contributed by atoms with Gasteiger partial charge in [-0.15, -0.1) is 0 Å². The summed E-state index contributed by atoms with van der Waals surface area (Å²) in [4.78, 5) is 25.8. The van der Waals surface area contributed by atoms with Gasteiger partial charge in [0.2, 0.25) is 0 Å². The van der Waals surface area contributed by atoms with Crippen LogP contribution in [-0.2, 0) is 23.5 Å². The van der Waals surface area contributed by atoms with Crippen LogP contribution in [0.25, 0.3) is 0 Å². The Morgan fingerprint density at radius 3 is 1.71 bits per heavy atom. The number of esters is 2. The van der Waals surface area contributed by atoms with Crippen LogP contribution >= 0.6 is 0 Å². The van der Waals surface area contributed by atoms with Crippen LogP contribution in [0.15, 0.2) is 85.0 Å². The molecule has 1 unspecified atom stereocenters. The first-order chi connectivity index (χ1) is 24.4. The SMILES string of the molecule is C=C(C)C(=O)OCC(COC(=O)C(=C)CO[Si](c1ccccc1)(c1ccccc1)C(C)(C)C)CC1CCC(C2CCC(CCCCC)CC2)CC1. The quantitative estimate of drug-likeness (QED) is 0.0666. The van der Waals surface area contributed by atoms with Crippen molar-refractivity contribution in [2.45, 2.75) is 123 Å². The summed E-state index contributed by atoms with van der Waals surface area (Å²) in [6.45, 7) is 18.9. The molecule has 0 saturated heterocycles. The number of benzene rings is 2. The summed E-state index contributed by atoms with van der Waals surface area (Å²) in [5.41, 5.74) is 0.668. The Bertz CT molecular complexity index is 1340. The van der Waals surface area contributed by atoms with Gasteiger partial charge >= 0.3 is 11.9 Å². The van der Waals surface area contributed by atoms with Gasteiger partial charge in [-0.25, -0.2) is 9.59 Å². The Labute approximate surface area is 310 Å². The maximum absolute atomic E-state index is 13.4. The summed E-state index contributed by atoms with van der Waals surface area (Å²) in [6.07, 6.45) is 17.0. The first-order valence-electron chi connectivity index (χ1n) is 19.9. The fourth-order valence-electron chi connectivity index (χ4n) is 8.81. The molecule has 2 fully saturated rings. The summed E-state index contributed by atoms with van der Waals surface area (Å²) < 4.78 is 18.5. The van der Waals surface area contributed by atoms with Gasteiger partial charge in [0.15, 0.2) is 0 Å². The molecule has 2 aromatic rings. The van der Waals surface area contributed by atoms with Crippen molar-refractivity contribution in [3.05, 3.63) is 85.0 Å². The standard InChI is InChI=1S/C45H66O5Si/c1-8-9-12-17-36-22-26-39(27-23-36)40-28-24-37(25-29-40)30-38(32-48-43(46)34(2)3)33-49-44(47)35(4)31-50-51(45(5,6)7,41-18-13-10-14-19-41)42-20-15-11-16-21-42/h10-11,13-16,18-21,36-40H,2,4,8-9,12,17,22-33H2,1,3,5-7H3. The molecule has 0 radical (unpaired) electrons. The minimum Gasteiger partial charge on any atom is -0.462 e. The van der Waals surface area contributed by atoms with E-state index in [-0.39, 0.29) is 30.8 Å². The van der Waals surface area contributed by atoms with E-state index in [1.54, 1.807) is 6.92 Å². The number of unbranched alkanes of at least 4 members (excludes halogenated alkanes) is 2. The lowest BCUT2D eigenvalue weighted by molar-refractivity contribution is -0.144. The van der Waals surface area contributed by atoms with Crippen molar-refractivity contribution in [3.63, 3.8) is 0 Å². The predicted octanol–water partition coefficient (Wildman–Crippen LogP) is 9.98. The first kappa shape index (κ1) is 40.8. The molecule has 0 aromatic heterocycles. The van der Waals surface area contributed by atoms with E-state index in [4.69, 9.17) is 13.9 Å². The molecule has 2 aromatic carbocycles. The zero-order valence-electron chi connectivity index (χ0n) is 32.4. The molecule has 2 aliphatic rings. The molecular formula is C45H66O5Si. The van der Waals surface area contributed by atoms with Gasteiger partial charge in [0.05, 0.1) is 25.4 Å². The van der Waals surface area contributed by atoms with Crippen LogP contribution < -0.4 is 10.4 Å². The van der Waals surface area contributed by atoms with E-state index in [1.165, 1.54) is 77.0 Å². The van der Waals surface area contributed by atoms with Gasteiger partial charge in [-0.05, 0) is 78.1 Å². The number of hydrogen-bond donors (Lipinski definition) is 0. The topological polar surface area (TPSA) is 61.8 Å². The predicted molar refractivity (Wildman–Crippen MR) is 213 cm³/mol. The molecule has 5 nitrogen and oxygen atoms in total. The van der Waals surface area contributed by atoms with Crippen LogP contribution in [0.4, 0.5) is 0 Å². The Kier molecular flexibility index (Phi) is 15.8. The number of ether oxygens (including phenoxy) is 2. The van der Waals surface area contributed by atoms with Crippen LogP contribution in [0.5, 0.6) is 0 Å². The summed E-state index contributed by atoms with van der Waals surface area (Å²) in [7, 11) is -2.83. The summed E-state index contributed by atoms with van der Waals surface area (Å²) >= 11 is 0. The number of rotatable bonds is 18. The Morgan fingerprint density at radius 2 is 1.24 bits per heavy atom. The van der Waals surface area contributed by atoms with Crippen LogP contribution in [0.3, 0.4) is 0 Å². The van der Waals surface area contributed by atoms with Crippen molar-refractivity contribution in [3.8, 4) is 0 Å². The molecule has 0 heterocycles.